The zero-order valence-corrected chi connectivity index (χ0v) is 13.1. The van der Waals surface area contributed by atoms with Gasteiger partial charge < -0.3 is 15.2 Å². The molecule has 0 aliphatic rings. The van der Waals surface area contributed by atoms with Gasteiger partial charge in [-0.05, 0) is 13.3 Å². The van der Waals surface area contributed by atoms with E-state index in [4.69, 9.17) is 4.52 Å². The number of nitrogens with one attached hydrogen (secondary N) is 2. The molecular weight excluding hydrogens is 254 g/mol. The zero-order chi connectivity index (χ0) is 14.8. The topological polar surface area (TPSA) is 75.3 Å². The molecule has 0 unspecified atom stereocenters. The van der Waals surface area contributed by atoms with Crippen LogP contribution in [-0.2, 0) is 6.42 Å². The molecule has 0 bridgehead atoms. The molecule has 2 N–H and O–H groups in total. The van der Waals surface area contributed by atoms with E-state index in [2.05, 4.69) is 53.5 Å². The number of nitrogens with zero attached hydrogens (tertiary/aromatic N) is 3. The molecule has 0 amide bonds. The molecule has 1 aromatic heterocycles. The number of hydrogen-bond acceptors (Lipinski definition) is 4. The van der Waals surface area contributed by atoms with E-state index in [9.17, 15) is 0 Å². The number of aliphatic imine (C=N–C) groups is 1. The minimum atomic E-state index is 0.299. The highest BCUT2D eigenvalue weighted by Crippen LogP contribution is 2.09. The third-order valence-corrected chi connectivity index (χ3v) is 2.76. The number of rotatable bonds is 8. The predicted molar refractivity (Wildman–Crippen MR) is 81.0 cm³/mol. The Labute approximate surface area is 121 Å². The maximum atomic E-state index is 5.20. The molecule has 0 saturated carbocycles. The van der Waals surface area contributed by atoms with Crippen molar-refractivity contribution in [1.29, 1.82) is 0 Å². The first kappa shape index (κ1) is 16.5. The Bertz CT molecular complexity index is 400. The maximum Gasteiger partial charge on any atom is 0.228 e. The van der Waals surface area contributed by atoms with Crippen LogP contribution in [-0.4, -0.2) is 35.7 Å². The van der Waals surface area contributed by atoms with Crippen molar-refractivity contribution in [3.63, 3.8) is 0 Å². The van der Waals surface area contributed by atoms with Gasteiger partial charge in [-0.3, -0.25) is 4.99 Å². The Balaban J connectivity index is 2.37. The smallest absolute Gasteiger partial charge is 0.228 e. The lowest BCUT2D eigenvalue weighted by molar-refractivity contribution is 0.371. The SMILES string of the molecule is CCCCN=C(NCC)NCCc1nc(C(C)C)no1. The van der Waals surface area contributed by atoms with Gasteiger partial charge in [0.1, 0.15) is 0 Å². The zero-order valence-electron chi connectivity index (χ0n) is 13.1. The van der Waals surface area contributed by atoms with Crippen molar-refractivity contribution < 1.29 is 4.52 Å². The largest absolute Gasteiger partial charge is 0.357 e. The number of unbranched alkanes of at least 4 members (excludes halogenated alkanes) is 1. The van der Waals surface area contributed by atoms with Gasteiger partial charge in [-0.1, -0.05) is 32.3 Å². The average Bonchev–Trinajstić information content (AvgIpc) is 2.88. The van der Waals surface area contributed by atoms with E-state index in [1.807, 2.05) is 0 Å². The normalized spacial score (nSPS) is 11.9. The molecule has 0 aromatic carbocycles. The highest BCUT2D eigenvalue weighted by atomic mass is 16.5. The lowest BCUT2D eigenvalue weighted by atomic mass is 10.2. The maximum absolute atomic E-state index is 5.20. The minimum absolute atomic E-state index is 0.299. The van der Waals surface area contributed by atoms with Gasteiger partial charge in [0.05, 0.1) is 0 Å². The summed E-state index contributed by atoms with van der Waals surface area (Å²) in [6, 6.07) is 0. The average molecular weight is 281 g/mol. The number of guanidine groups is 1. The molecule has 20 heavy (non-hydrogen) atoms. The molecular formula is C14H27N5O. The van der Waals surface area contributed by atoms with E-state index in [1.54, 1.807) is 0 Å². The third kappa shape index (κ3) is 6.04. The number of hydrogen-bond donors (Lipinski definition) is 2. The molecule has 1 rings (SSSR count). The summed E-state index contributed by atoms with van der Waals surface area (Å²) in [6.45, 7) is 10.8. The van der Waals surface area contributed by atoms with E-state index < -0.39 is 0 Å². The molecule has 0 aliphatic carbocycles. The molecule has 1 heterocycles. The molecule has 6 heteroatoms. The summed E-state index contributed by atoms with van der Waals surface area (Å²) in [5, 5.41) is 10.5. The van der Waals surface area contributed by atoms with Crippen molar-refractivity contribution in [3.8, 4) is 0 Å². The molecule has 6 nitrogen and oxygen atoms in total. The first-order valence-electron chi connectivity index (χ1n) is 7.52. The van der Waals surface area contributed by atoms with Gasteiger partial charge in [0.15, 0.2) is 11.8 Å². The molecule has 0 radical (unpaired) electrons. The Morgan fingerprint density at radius 1 is 1.30 bits per heavy atom. The van der Waals surface area contributed by atoms with Crippen molar-refractivity contribution in [3.05, 3.63) is 11.7 Å². The van der Waals surface area contributed by atoms with Gasteiger partial charge in [-0.25, -0.2) is 0 Å². The molecule has 0 saturated heterocycles. The van der Waals surface area contributed by atoms with Crippen LogP contribution < -0.4 is 10.6 Å². The second-order valence-electron chi connectivity index (χ2n) is 4.99. The van der Waals surface area contributed by atoms with E-state index in [1.165, 1.54) is 0 Å². The van der Waals surface area contributed by atoms with Crippen LogP contribution in [0, 0.1) is 0 Å². The highest BCUT2D eigenvalue weighted by molar-refractivity contribution is 5.79. The van der Waals surface area contributed by atoms with Gasteiger partial charge in [0, 0.05) is 32.0 Å². The van der Waals surface area contributed by atoms with Crippen LogP contribution in [0.1, 0.15) is 58.2 Å². The van der Waals surface area contributed by atoms with E-state index in [-0.39, 0.29) is 0 Å². The second-order valence-corrected chi connectivity index (χ2v) is 4.99. The minimum Gasteiger partial charge on any atom is -0.357 e. The first-order valence-corrected chi connectivity index (χ1v) is 7.52. The van der Waals surface area contributed by atoms with E-state index in [0.717, 1.165) is 44.3 Å². The lowest BCUT2D eigenvalue weighted by Crippen LogP contribution is -2.38. The molecule has 114 valence electrons. The lowest BCUT2D eigenvalue weighted by Gasteiger charge is -2.09. The summed E-state index contributed by atoms with van der Waals surface area (Å²) < 4.78 is 5.20. The summed E-state index contributed by atoms with van der Waals surface area (Å²) in [4.78, 5) is 8.85. The summed E-state index contributed by atoms with van der Waals surface area (Å²) in [5.74, 6) is 2.59. The number of aromatic nitrogens is 2. The van der Waals surface area contributed by atoms with Crippen LogP contribution in [0.25, 0.3) is 0 Å². The summed E-state index contributed by atoms with van der Waals surface area (Å²) >= 11 is 0. The predicted octanol–water partition coefficient (Wildman–Crippen LogP) is 2.09. The molecule has 0 spiro atoms. The van der Waals surface area contributed by atoms with Crippen LogP contribution >= 0.6 is 0 Å². The van der Waals surface area contributed by atoms with E-state index in [0.29, 0.717) is 18.2 Å². The van der Waals surface area contributed by atoms with Crippen LogP contribution in [0.4, 0.5) is 0 Å². The Hall–Kier alpha value is -1.59. The van der Waals surface area contributed by atoms with Crippen molar-refractivity contribution in [2.45, 2.75) is 52.9 Å². The fourth-order valence-electron chi connectivity index (χ4n) is 1.58. The summed E-state index contributed by atoms with van der Waals surface area (Å²) in [5.41, 5.74) is 0. The fraction of sp³-hybridized carbons (Fsp3) is 0.786. The summed E-state index contributed by atoms with van der Waals surface area (Å²) in [7, 11) is 0. The first-order chi connectivity index (χ1) is 9.67. The molecule has 0 aliphatic heterocycles. The van der Waals surface area contributed by atoms with Gasteiger partial charge in [0.25, 0.3) is 0 Å². The molecule has 0 atom stereocenters. The van der Waals surface area contributed by atoms with Crippen molar-refractivity contribution >= 4 is 5.96 Å². The Morgan fingerprint density at radius 3 is 2.70 bits per heavy atom. The van der Waals surface area contributed by atoms with E-state index >= 15 is 0 Å². The summed E-state index contributed by atoms with van der Waals surface area (Å²) in [6.07, 6.45) is 2.97. The van der Waals surface area contributed by atoms with Gasteiger partial charge in [-0.2, -0.15) is 4.98 Å². The van der Waals surface area contributed by atoms with Crippen LogP contribution in [0.3, 0.4) is 0 Å². The van der Waals surface area contributed by atoms with Crippen LogP contribution in [0.2, 0.25) is 0 Å². The van der Waals surface area contributed by atoms with Gasteiger partial charge >= 0.3 is 0 Å². The Morgan fingerprint density at radius 2 is 2.10 bits per heavy atom. The van der Waals surface area contributed by atoms with Crippen LogP contribution in [0.15, 0.2) is 9.52 Å². The molecule has 0 fully saturated rings. The Kier molecular flexibility index (Phi) is 7.69. The van der Waals surface area contributed by atoms with Gasteiger partial charge in [-0.15, -0.1) is 0 Å². The van der Waals surface area contributed by atoms with Gasteiger partial charge in [0.2, 0.25) is 5.89 Å². The van der Waals surface area contributed by atoms with Crippen LogP contribution in [0.5, 0.6) is 0 Å². The second kappa shape index (κ2) is 9.34. The standard InChI is InChI=1S/C14H27N5O/c1-5-7-9-16-14(15-6-2)17-10-8-12-18-13(11(3)4)19-20-12/h11H,5-10H2,1-4H3,(H2,15,16,17). The van der Waals surface area contributed by atoms with Crippen molar-refractivity contribution in [1.82, 2.24) is 20.8 Å². The quantitative estimate of drug-likeness (QED) is 0.433. The highest BCUT2D eigenvalue weighted by Gasteiger charge is 2.09. The van der Waals surface area contributed by atoms with Crippen molar-refractivity contribution in [2.24, 2.45) is 4.99 Å². The monoisotopic (exact) mass is 281 g/mol. The third-order valence-electron chi connectivity index (χ3n) is 2.76. The van der Waals surface area contributed by atoms with Crippen molar-refractivity contribution in [2.75, 3.05) is 19.6 Å². The molecule has 1 aromatic rings. The fourth-order valence-corrected chi connectivity index (χ4v) is 1.58.